The molecule has 0 saturated carbocycles. The van der Waals surface area contributed by atoms with E-state index in [9.17, 15) is 9.59 Å². The van der Waals surface area contributed by atoms with Crippen LogP contribution in [0, 0.1) is 11.8 Å². The van der Waals surface area contributed by atoms with E-state index < -0.39 is 0 Å². The van der Waals surface area contributed by atoms with Crippen LogP contribution < -0.4 is 10.6 Å². The first-order chi connectivity index (χ1) is 9.95. The Kier molecular flexibility index (Phi) is 7.50. The second kappa shape index (κ2) is 8.87. The zero-order valence-corrected chi connectivity index (χ0v) is 13.8. The number of likely N-dealkylation sites (tertiary alicyclic amines) is 1. The van der Waals surface area contributed by atoms with Crippen molar-refractivity contribution < 1.29 is 9.59 Å². The summed E-state index contributed by atoms with van der Waals surface area (Å²) in [6.07, 6.45) is 1.77. The number of hydrogen-bond acceptors (Lipinski definition) is 3. The number of carbonyl (C=O) groups is 2. The van der Waals surface area contributed by atoms with Gasteiger partial charge in [-0.05, 0) is 25.8 Å². The first-order valence-corrected chi connectivity index (χ1v) is 7.88. The third kappa shape index (κ3) is 5.91. The first kappa shape index (κ1) is 17.8. The van der Waals surface area contributed by atoms with Gasteiger partial charge in [0.1, 0.15) is 0 Å². The highest BCUT2D eigenvalue weighted by Gasteiger charge is 2.29. The van der Waals surface area contributed by atoms with Crippen molar-refractivity contribution in [2.75, 3.05) is 46.8 Å². The molecular weight excluding hydrogens is 268 g/mol. The summed E-state index contributed by atoms with van der Waals surface area (Å²) in [6, 6.07) is -0.0425. The fourth-order valence-corrected chi connectivity index (χ4v) is 2.47. The molecule has 0 spiro atoms. The fraction of sp³-hybridized carbons (Fsp3) is 0.867. The molecule has 0 aromatic heterocycles. The molecular formula is C15H30N4O2. The summed E-state index contributed by atoms with van der Waals surface area (Å²) in [5, 5.41) is 5.97. The van der Waals surface area contributed by atoms with Crippen molar-refractivity contribution in [2.24, 2.45) is 11.8 Å². The number of hydrogen-bond donors (Lipinski definition) is 2. The first-order valence-electron chi connectivity index (χ1n) is 7.88. The van der Waals surface area contributed by atoms with Gasteiger partial charge in [0.25, 0.3) is 0 Å². The maximum atomic E-state index is 12.4. The second-order valence-electron chi connectivity index (χ2n) is 6.23. The van der Waals surface area contributed by atoms with Crippen LogP contribution in [0.1, 0.15) is 26.7 Å². The van der Waals surface area contributed by atoms with Crippen molar-refractivity contribution in [1.29, 1.82) is 0 Å². The van der Waals surface area contributed by atoms with Crippen LogP contribution in [0.3, 0.4) is 0 Å². The smallest absolute Gasteiger partial charge is 0.317 e. The van der Waals surface area contributed by atoms with Gasteiger partial charge in [0.05, 0.1) is 5.92 Å². The molecule has 1 unspecified atom stereocenters. The number of likely N-dealkylation sites (N-methyl/N-ethyl adjacent to an activating group) is 2. The third-order valence-corrected chi connectivity index (χ3v) is 3.79. The molecule has 0 bridgehead atoms. The summed E-state index contributed by atoms with van der Waals surface area (Å²) in [7, 11) is 3.71. The van der Waals surface area contributed by atoms with Crippen LogP contribution in [-0.2, 0) is 4.79 Å². The van der Waals surface area contributed by atoms with E-state index in [2.05, 4.69) is 24.5 Å². The molecule has 1 saturated heterocycles. The van der Waals surface area contributed by atoms with Gasteiger partial charge in [-0.2, -0.15) is 0 Å². The SMILES string of the molecule is CNCCN(C)C(=O)C1CCCN(C(=O)NCC(C)C)C1. The Morgan fingerprint density at radius 2 is 2.10 bits per heavy atom. The largest absolute Gasteiger partial charge is 0.344 e. The van der Waals surface area contributed by atoms with Crippen LogP contribution in [0.2, 0.25) is 0 Å². The summed E-state index contributed by atoms with van der Waals surface area (Å²) in [5.74, 6) is 0.515. The van der Waals surface area contributed by atoms with E-state index in [1.807, 2.05) is 14.1 Å². The molecule has 0 aromatic carbocycles. The molecule has 2 N–H and O–H groups in total. The molecule has 1 rings (SSSR count). The number of urea groups is 1. The van der Waals surface area contributed by atoms with Gasteiger partial charge in [-0.15, -0.1) is 0 Å². The van der Waals surface area contributed by atoms with Crippen LogP contribution >= 0.6 is 0 Å². The minimum Gasteiger partial charge on any atom is -0.344 e. The van der Waals surface area contributed by atoms with Gasteiger partial charge in [-0.3, -0.25) is 4.79 Å². The Morgan fingerprint density at radius 1 is 1.38 bits per heavy atom. The lowest BCUT2D eigenvalue weighted by atomic mass is 9.97. The van der Waals surface area contributed by atoms with Crippen molar-refractivity contribution in [3.63, 3.8) is 0 Å². The highest BCUT2D eigenvalue weighted by Crippen LogP contribution is 2.18. The number of piperidine rings is 1. The number of nitrogens with one attached hydrogen (secondary N) is 2. The highest BCUT2D eigenvalue weighted by atomic mass is 16.2. The molecule has 6 heteroatoms. The van der Waals surface area contributed by atoms with Crippen molar-refractivity contribution >= 4 is 11.9 Å². The normalized spacial score (nSPS) is 18.7. The predicted molar refractivity (Wildman–Crippen MR) is 84.1 cm³/mol. The lowest BCUT2D eigenvalue weighted by Crippen LogP contribution is -2.50. The highest BCUT2D eigenvalue weighted by molar-refractivity contribution is 5.80. The summed E-state index contributed by atoms with van der Waals surface area (Å²) in [5.41, 5.74) is 0. The number of amides is 3. The Hall–Kier alpha value is -1.30. The van der Waals surface area contributed by atoms with Crippen molar-refractivity contribution in [1.82, 2.24) is 20.4 Å². The Balaban J connectivity index is 2.47. The molecule has 1 fully saturated rings. The lowest BCUT2D eigenvalue weighted by molar-refractivity contribution is -0.135. The van der Waals surface area contributed by atoms with Crippen molar-refractivity contribution in [3.8, 4) is 0 Å². The summed E-state index contributed by atoms with van der Waals surface area (Å²) in [4.78, 5) is 28.0. The lowest BCUT2D eigenvalue weighted by Gasteiger charge is -2.34. The molecule has 0 radical (unpaired) electrons. The molecule has 1 aliphatic heterocycles. The Labute approximate surface area is 128 Å². The van der Waals surface area contributed by atoms with Gasteiger partial charge in [0, 0.05) is 39.8 Å². The standard InChI is InChI=1S/C15H30N4O2/c1-12(2)10-17-15(21)19-8-5-6-13(11-19)14(20)18(4)9-7-16-3/h12-13,16H,5-11H2,1-4H3,(H,17,21). The van der Waals surface area contributed by atoms with E-state index in [0.29, 0.717) is 25.6 Å². The molecule has 122 valence electrons. The molecule has 1 heterocycles. The fourth-order valence-electron chi connectivity index (χ4n) is 2.47. The number of rotatable bonds is 6. The van der Waals surface area contributed by atoms with Crippen LogP contribution in [0.25, 0.3) is 0 Å². The maximum absolute atomic E-state index is 12.4. The van der Waals surface area contributed by atoms with E-state index >= 15 is 0 Å². The van der Waals surface area contributed by atoms with Crippen molar-refractivity contribution in [3.05, 3.63) is 0 Å². The molecule has 6 nitrogen and oxygen atoms in total. The number of nitrogens with zero attached hydrogens (tertiary/aromatic N) is 2. The summed E-state index contributed by atoms with van der Waals surface area (Å²) in [6.45, 7) is 7.58. The van der Waals surface area contributed by atoms with Crippen LogP contribution in [0.5, 0.6) is 0 Å². The van der Waals surface area contributed by atoms with Gasteiger partial charge >= 0.3 is 6.03 Å². The Morgan fingerprint density at radius 3 is 2.71 bits per heavy atom. The van der Waals surface area contributed by atoms with Gasteiger partial charge in [-0.1, -0.05) is 13.8 Å². The zero-order valence-electron chi connectivity index (χ0n) is 13.8. The van der Waals surface area contributed by atoms with E-state index in [1.54, 1.807) is 9.80 Å². The average molecular weight is 298 g/mol. The maximum Gasteiger partial charge on any atom is 0.317 e. The molecule has 21 heavy (non-hydrogen) atoms. The Bertz CT molecular complexity index is 347. The van der Waals surface area contributed by atoms with Crippen LogP contribution in [-0.4, -0.2) is 68.6 Å². The third-order valence-electron chi connectivity index (χ3n) is 3.79. The minimum atomic E-state index is -0.0644. The van der Waals surface area contributed by atoms with Crippen LogP contribution in [0.4, 0.5) is 4.79 Å². The quantitative estimate of drug-likeness (QED) is 0.760. The summed E-state index contributed by atoms with van der Waals surface area (Å²) < 4.78 is 0. The molecule has 0 aromatic rings. The molecule has 3 amide bonds. The second-order valence-corrected chi connectivity index (χ2v) is 6.23. The predicted octanol–water partition coefficient (Wildman–Crippen LogP) is 0.742. The van der Waals surface area contributed by atoms with Crippen molar-refractivity contribution in [2.45, 2.75) is 26.7 Å². The van der Waals surface area contributed by atoms with Crippen LogP contribution in [0.15, 0.2) is 0 Å². The van der Waals surface area contributed by atoms with E-state index in [4.69, 9.17) is 0 Å². The summed E-state index contributed by atoms with van der Waals surface area (Å²) >= 11 is 0. The minimum absolute atomic E-state index is 0.0425. The van der Waals surface area contributed by atoms with Gasteiger partial charge in [-0.25, -0.2) is 4.79 Å². The van der Waals surface area contributed by atoms with E-state index in [-0.39, 0.29) is 17.9 Å². The van der Waals surface area contributed by atoms with Gasteiger partial charge < -0.3 is 20.4 Å². The van der Waals surface area contributed by atoms with E-state index in [1.165, 1.54) is 0 Å². The van der Waals surface area contributed by atoms with E-state index in [0.717, 1.165) is 25.9 Å². The van der Waals surface area contributed by atoms with Gasteiger partial charge in [0.2, 0.25) is 5.91 Å². The molecule has 1 aliphatic rings. The average Bonchev–Trinajstić information content (AvgIpc) is 2.49. The van der Waals surface area contributed by atoms with Gasteiger partial charge in [0.15, 0.2) is 0 Å². The number of carbonyl (C=O) groups excluding carboxylic acids is 2. The monoisotopic (exact) mass is 298 g/mol. The molecule has 1 atom stereocenters. The molecule has 0 aliphatic carbocycles. The topological polar surface area (TPSA) is 64.7 Å². The zero-order chi connectivity index (χ0) is 15.8.